The van der Waals surface area contributed by atoms with Crippen LogP contribution in [0.25, 0.3) is 5.57 Å². The van der Waals surface area contributed by atoms with Crippen LogP contribution in [0, 0.1) is 0 Å². The molecular weight excluding hydrogens is 310 g/mol. The van der Waals surface area contributed by atoms with E-state index in [0.29, 0.717) is 16.9 Å². The van der Waals surface area contributed by atoms with Crippen LogP contribution in [0.1, 0.15) is 12.0 Å². The van der Waals surface area contributed by atoms with E-state index in [-0.39, 0.29) is 4.90 Å². The summed E-state index contributed by atoms with van der Waals surface area (Å²) in [5, 5.41) is 0. The minimum absolute atomic E-state index is 0.270. The van der Waals surface area contributed by atoms with E-state index in [2.05, 4.69) is 4.40 Å². The summed E-state index contributed by atoms with van der Waals surface area (Å²) in [6, 6.07) is 5.46. The molecule has 0 spiro atoms. The van der Waals surface area contributed by atoms with Gasteiger partial charge in [0.15, 0.2) is 0 Å². The number of thiocarbonyl (C=S) groups is 1. The van der Waals surface area contributed by atoms with Crippen molar-refractivity contribution in [3.05, 3.63) is 41.5 Å². The van der Waals surface area contributed by atoms with Gasteiger partial charge in [-0.2, -0.15) is 12.8 Å². The number of rotatable bonds is 1. The zero-order valence-corrected chi connectivity index (χ0v) is 13.1. The smallest absolute Gasteiger partial charge is 0.199 e. The molecule has 0 amide bonds. The third-order valence-electron chi connectivity index (χ3n) is 3.22. The van der Waals surface area contributed by atoms with Crippen molar-refractivity contribution in [1.29, 1.82) is 0 Å². The minimum atomic E-state index is -3.69. The van der Waals surface area contributed by atoms with Gasteiger partial charge in [-0.15, -0.1) is 11.8 Å². The summed E-state index contributed by atoms with van der Waals surface area (Å²) in [7, 11) is -3.69. The van der Waals surface area contributed by atoms with Gasteiger partial charge in [0, 0.05) is 39.1 Å². The molecule has 0 radical (unpaired) electrons. The molecule has 6 heteroatoms. The Morgan fingerprint density at radius 2 is 2.15 bits per heavy atom. The zero-order valence-electron chi connectivity index (χ0n) is 10.7. The van der Waals surface area contributed by atoms with Gasteiger partial charge < -0.3 is 0 Å². The Kier molecular flexibility index (Phi) is 3.40. The Hall–Kier alpha value is -1.24. The third-order valence-corrected chi connectivity index (χ3v) is 5.84. The third kappa shape index (κ3) is 2.08. The lowest BCUT2D eigenvalue weighted by molar-refractivity contribution is 0.596. The zero-order chi connectivity index (χ0) is 14.3. The molecule has 1 aliphatic carbocycles. The van der Waals surface area contributed by atoms with Crippen LogP contribution in [-0.4, -0.2) is 25.8 Å². The molecule has 0 unspecified atom stereocenters. The molecule has 1 aromatic rings. The van der Waals surface area contributed by atoms with Crippen molar-refractivity contribution in [2.75, 3.05) is 6.26 Å². The van der Waals surface area contributed by atoms with E-state index in [0.717, 1.165) is 16.0 Å². The number of hydrogen-bond donors (Lipinski definition) is 0. The predicted octanol–water partition coefficient (Wildman–Crippen LogP) is 3.27. The van der Waals surface area contributed by atoms with Crippen LogP contribution in [0.2, 0.25) is 0 Å². The summed E-state index contributed by atoms with van der Waals surface area (Å²) in [4.78, 5) is 1.72. The molecule has 0 saturated carbocycles. The quantitative estimate of drug-likeness (QED) is 0.588. The van der Waals surface area contributed by atoms with Crippen LogP contribution in [0.4, 0.5) is 0 Å². The van der Waals surface area contributed by atoms with Gasteiger partial charge in [-0.1, -0.05) is 36.5 Å². The van der Waals surface area contributed by atoms with Gasteiger partial charge in [-0.25, -0.2) is 0 Å². The molecule has 3 rings (SSSR count). The number of thioether (sulfide) groups is 1. The SMILES string of the molecule is CSc1cccc2c1S(=O)(=O)N=CC1=C2C(=S)CC=C1. The molecule has 0 fully saturated rings. The van der Waals surface area contributed by atoms with E-state index < -0.39 is 10.0 Å². The lowest BCUT2D eigenvalue weighted by Gasteiger charge is -2.16. The number of allylic oxidation sites excluding steroid dienone is 4. The van der Waals surface area contributed by atoms with Crippen LogP contribution in [0.3, 0.4) is 0 Å². The van der Waals surface area contributed by atoms with Crippen molar-refractivity contribution in [3.8, 4) is 0 Å². The molecular formula is C14H11NO2S3. The predicted molar refractivity (Wildman–Crippen MR) is 87.2 cm³/mol. The maximum atomic E-state index is 12.4. The van der Waals surface area contributed by atoms with Crippen molar-refractivity contribution in [3.63, 3.8) is 0 Å². The van der Waals surface area contributed by atoms with Gasteiger partial charge in [0.2, 0.25) is 0 Å². The maximum Gasteiger partial charge on any atom is 0.284 e. The Morgan fingerprint density at radius 1 is 1.35 bits per heavy atom. The summed E-state index contributed by atoms with van der Waals surface area (Å²) in [6.07, 6.45) is 7.73. The second-order valence-electron chi connectivity index (χ2n) is 4.41. The van der Waals surface area contributed by atoms with Gasteiger partial charge in [-0.05, 0) is 12.3 Å². The van der Waals surface area contributed by atoms with Gasteiger partial charge in [0.25, 0.3) is 10.0 Å². The molecule has 2 aliphatic rings. The first-order valence-corrected chi connectivity index (χ1v) is 9.03. The fraction of sp³-hybridized carbons (Fsp3) is 0.143. The van der Waals surface area contributed by atoms with E-state index in [1.165, 1.54) is 18.0 Å². The Morgan fingerprint density at radius 3 is 2.90 bits per heavy atom. The van der Waals surface area contributed by atoms with Crippen LogP contribution in [0.5, 0.6) is 0 Å². The van der Waals surface area contributed by atoms with E-state index >= 15 is 0 Å². The highest BCUT2D eigenvalue weighted by molar-refractivity contribution is 7.99. The van der Waals surface area contributed by atoms with Crippen LogP contribution in [-0.2, 0) is 10.0 Å². The standard InChI is InChI=1S/C14H11NO2S3/c1-19-12-7-3-5-10-13-9(4-2-6-11(13)18)8-15-20(16,17)14(10)12/h2-5,7-8H,6H2,1H3. The van der Waals surface area contributed by atoms with Gasteiger partial charge in [0.05, 0.1) is 0 Å². The van der Waals surface area contributed by atoms with Gasteiger partial charge in [0.1, 0.15) is 4.90 Å². The Balaban J connectivity index is 2.44. The van der Waals surface area contributed by atoms with Gasteiger partial charge in [-0.3, -0.25) is 0 Å². The topological polar surface area (TPSA) is 46.5 Å². The van der Waals surface area contributed by atoms with Crippen molar-refractivity contribution in [2.45, 2.75) is 16.2 Å². The molecule has 3 nitrogen and oxygen atoms in total. The van der Waals surface area contributed by atoms with E-state index in [4.69, 9.17) is 12.2 Å². The van der Waals surface area contributed by atoms with Crippen molar-refractivity contribution >= 4 is 50.7 Å². The number of fused-ring (bicyclic) bond motifs is 2. The normalized spacial score (nSPS) is 19.6. The number of benzene rings is 1. The maximum absolute atomic E-state index is 12.4. The highest BCUT2D eigenvalue weighted by Crippen LogP contribution is 2.38. The average molecular weight is 321 g/mol. The molecule has 0 aromatic heterocycles. The Labute approximate surface area is 127 Å². The fourth-order valence-corrected chi connectivity index (χ4v) is 4.90. The minimum Gasteiger partial charge on any atom is -0.199 e. The van der Waals surface area contributed by atoms with Crippen molar-refractivity contribution in [1.82, 2.24) is 0 Å². The monoisotopic (exact) mass is 321 g/mol. The molecule has 1 aromatic carbocycles. The molecule has 0 N–H and O–H groups in total. The summed E-state index contributed by atoms with van der Waals surface area (Å²) < 4.78 is 28.6. The largest absolute Gasteiger partial charge is 0.284 e. The molecule has 1 heterocycles. The second-order valence-corrected chi connectivity index (χ2v) is 7.32. The Bertz CT molecular complexity index is 802. The number of hydrogen-bond acceptors (Lipinski definition) is 4. The highest BCUT2D eigenvalue weighted by Gasteiger charge is 2.29. The molecule has 102 valence electrons. The summed E-state index contributed by atoms with van der Waals surface area (Å²) in [6.45, 7) is 0. The number of sulfonamides is 1. The molecule has 0 bridgehead atoms. The lowest BCUT2D eigenvalue weighted by Crippen LogP contribution is -2.08. The average Bonchev–Trinajstić information content (AvgIpc) is 2.55. The van der Waals surface area contributed by atoms with Crippen molar-refractivity contribution < 1.29 is 8.42 Å². The van der Waals surface area contributed by atoms with E-state index in [9.17, 15) is 8.42 Å². The summed E-state index contributed by atoms with van der Waals surface area (Å²) in [5.74, 6) is 0. The molecule has 1 aliphatic heterocycles. The first kappa shape index (κ1) is 13.7. The van der Waals surface area contributed by atoms with E-state index in [1.54, 1.807) is 6.07 Å². The van der Waals surface area contributed by atoms with Crippen LogP contribution < -0.4 is 0 Å². The summed E-state index contributed by atoms with van der Waals surface area (Å²) >= 11 is 6.82. The first-order chi connectivity index (χ1) is 9.54. The number of nitrogens with zero attached hydrogens (tertiary/aromatic N) is 1. The second kappa shape index (κ2) is 4.95. The van der Waals surface area contributed by atoms with Gasteiger partial charge >= 0.3 is 0 Å². The van der Waals surface area contributed by atoms with Crippen LogP contribution >= 0.6 is 24.0 Å². The molecule has 0 atom stereocenters. The first-order valence-electron chi connectivity index (χ1n) is 5.96. The van der Waals surface area contributed by atoms with Crippen LogP contribution in [0.15, 0.2) is 50.1 Å². The van der Waals surface area contributed by atoms with E-state index in [1.807, 2.05) is 30.5 Å². The lowest BCUT2D eigenvalue weighted by atomic mass is 9.92. The molecule has 0 saturated heterocycles. The fourth-order valence-electron chi connectivity index (χ4n) is 2.37. The highest BCUT2D eigenvalue weighted by atomic mass is 32.2. The van der Waals surface area contributed by atoms with Crippen molar-refractivity contribution in [2.24, 2.45) is 4.40 Å². The molecule has 20 heavy (non-hydrogen) atoms. The summed E-state index contributed by atoms with van der Waals surface area (Å²) in [5.41, 5.74) is 2.25.